The van der Waals surface area contributed by atoms with Gasteiger partial charge in [0.15, 0.2) is 0 Å². The minimum absolute atomic E-state index is 0.255. The lowest BCUT2D eigenvalue weighted by atomic mass is 10.1. The number of nitrogen functional groups attached to an aromatic ring is 1. The zero-order valence-electron chi connectivity index (χ0n) is 10.5. The Morgan fingerprint density at radius 1 is 1.26 bits per heavy atom. The van der Waals surface area contributed by atoms with Gasteiger partial charge in [0, 0.05) is 10.2 Å². The molecule has 0 unspecified atom stereocenters. The molecule has 0 bridgehead atoms. The molecule has 0 saturated carbocycles. The van der Waals surface area contributed by atoms with Gasteiger partial charge >= 0.3 is 5.97 Å². The second kappa shape index (κ2) is 5.89. The normalized spacial score (nSPS) is 10.2. The molecule has 3 nitrogen and oxygen atoms in total. The number of hydrogen-bond donors (Lipinski definition) is 1. The van der Waals surface area contributed by atoms with Gasteiger partial charge in [0.25, 0.3) is 0 Å². The molecule has 2 N–H and O–H groups in total. The van der Waals surface area contributed by atoms with Crippen molar-refractivity contribution < 1.29 is 9.53 Å². The van der Waals surface area contributed by atoms with Crippen LogP contribution in [0.15, 0.2) is 46.9 Å². The highest BCUT2D eigenvalue weighted by Gasteiger charge is 2.13. The van der Waals surface area contributed by atoms with E-state index < -0.39 is 0 Å². The number of rotatable bonds is 3. The summed E-state index contributed by atoms with van der Waals surface area (Å²) in [5, 5.41) is 0. The number of nitrogens with two attached hydrogens (primary N) is 1. The highest BCUT2D eigenvalue weighted by Crippen LogP contribution is 2.23. The summed E-state index contributed by atoms with van der Waals surface area (Å²) in [5.41, 5.74) is 8.58. The number of carbonyl (C=O) groups is 1. The van der Waals surface area contributed by atoms with Gasteiger partial charge in [0.05, 0.1) is 5.56 Å². The van der Waals surface area contributed by atoms with Crippen LogP contribution in [-0.4, -0.2) is 5.97 Å². The molecule has 0 fully saturated rings. The van der Waals surface area contributed by atoms with Crippen molar-refractivity contribution in [2.75, 3.05) is 5.73 Å². The smallest absolute Gasteiger partial charge is 0.338 e. The van der Waals surface area contributed by atoms with E-state index in [1.165, 1.54) is 0 Å². The SMILES string of the molecule is Cc1c(N)cc(Br)cc1C(=O)OCc1ccccc1. The van der Waals surface area contributed by atoms with Crippen molar-refractivity contribution in [1.29, 1.82) is 0 Å². The number of benzene rings is 2. The van der Waals surface area contributed by atoms with Crippen LogP contribution < -0.4 is 5.73 Å². The molecule has 0 heterocycles. The summed E-state index contributed by atoms with van der Waals surface area (Å²) in [5.74, 6) is -0.366. The van der Waals surface area contributed by atoms with E-state index in [1.807, 2.05) is 30.3 Å². The molecule has 0 aliphatic carbocycles. The Morgan fingerprint density at radius 2 is 1.95 bits per heavy atom. The fourth-order valence-corrected chi connectivity index (χ4v) is 2.19. The minimum atomic E-state index is -0.366. The van der Waals surface area contributed by atoms with E-state index in [4.69, 9.17) is 10.5 Å². The summed E-state index contributed by atoms with van der Waals surface area (Å²) in [6, 6.07) is 13.1. The van der Waals surface area contributed by atoms with Gasteiger partial charge in [-0.1, -0.05) is 46.3 Å². The Kier molecular flexibility index (Phi) is 4.22. The zero-order chi connectivity index (χ0) is 13.8. The van der Waals surface area contributed by atoms with Gasteiger partial charge in [0.1, 0.15) is 6.61 Å². The molecule has 0 aromatic heterocycles. The summed E-state index contributed by atoms with van der Waals surface area (Å²) >= 11 is 3.32. The van der Waals surface area contributed by atoms with Gasteiger partial charge < -0.3 is 10.5 Å². The Labute approximate surface area is 120 Å². The number of ether oxygens (including phenoxy) is 1. The van der Waals surface area contributed by atoms with Gasteiger partial charge in [-0.3, -0.25) is 0 Å². The molecule has 0 radical (unpaired) electrons. The standard InChI is InChI=1S/C15H14BrNO2/c1-10-13(7-12(16)8-14(10)17)15(18)19-9-11-5-3-2-4-6-11/h2-8H,9,17H2,1H3. The van der Waals surface area contributed by atoms with Crippen molar-refractivity contribution in [3.8, 4) is 0 Å². The second-order valence-corrected chi connectivity index (χ2v) is 5.14. The Morgan fingerprint density at radius 3 is 2.63 bits per heavy atom. The third-order valence-electron chi connectivity index (χ3n) is 2.85. The number of hydrogen-bond acceptors (Lipinski definition) is 3. The van der Waals surface area contributed by atoms with Crippen LogP contribution in [-0.2, 0) is 11.3 Å². The molecule has 19 heavy (non-hydrogen) atoms. The lowest BCUT2D eigenvalue weighted by Gasteiger charge is -2.09. The van der Waals surface area contributed by atoms with Gasteiger partial charge in [-0.25, -0.2) is 4.79 Å². The summed E-state index contributed by atoms with van der Waals surface area (Å²) in [7, 11) is 0. The molecule has 4 heteroatoms. The van der Waals surface area contributed by atoms with Crippen molar-refractivity contribution in [3.63, 3.8) is 0 Å². The second-order valence-electron chi connectivity index (χ2n) is 4.23. The highest BCUT2D eigenvalue weighted by atomic mass is 79.9. The minimum Gasteiger partial charge on any atom is -0.457 e. The molecule has 0 amide bonds. The molecular formula is C15H14BrNO2. The number of esters is 1. The molecule has 0 aliphatic heterocycles. The van der Waals surface area contributed by atoms with Crippen molar-refractivity contribution in [2.45, 2.75) is 13.5 Å². The molecule has 0 atom stereocenters. The van der Waals surface area contributed by atoms with Crippen molar-refractivity contribution in [3.05, 3.63) is 63.6 Å². The quantitative estimate of drug-likeness (QED) is 0.693. The van der Waals surface area contributed by atoms with Crippen LogP contribution >= 0.6 is 15.9 Å². The summed E-state index contributed by atoms with van der Waals surface area (Å²) in [4.78, 5) is 12.0. The highest BCUT2D eigenvalue weighted by molar-refractivity contribution is 9.10. The number of anilines is 1. The van der Waals surface area contributed by atoms with Gasteiger partial charge in [-0.15, -0.1) is 0 Å². The molecule has 0 aliphatic rings. The van der Waals surface area contributed by atoms with Crippen LogP contribution in [0.3, 0.4) is 0 Å². The predicted molar refractivity (Wildman–Crippen MR) is 78.9 cm³/mol. The average molecular weight is 320 g/mol. The third kappa shape index (κ3) is 3.35. The molecule has 2 aromatic rings. The fraction of sp³-hybridized carbons (Fsp3) is 0.133. The first kappa shape index (κ1) is 13.6. The lowest BCUT2D eigenvalue weighted by Crippen LogP contribution is -2.08. The van der Waals surface area contributed by atoms with E-state index >= 15 is 0 Å². The van der Waals surface area contributed by atoms with E-state index in [0.717, 1.165) is 15.6 Å². The lowest BCUT2D eigenvalue weighted by molar-refractivity contribution is 0.0472. The fourth-order valence-electron chi connectivity index (χ4n) is 1.71. The van der Waals surface area contributed by atoms with Crippen molar-refractivity contribution in [2.24, 2.45) is 0 Å². The maximum atomic E-state index is 12.0. The maximum Gasteiger partial charge on any atom is 0.338 e. The first-order chi connectivity index (χ1) is 9.08. The van der Waals surface area contributed by atoms with Crippen LogP contribution in [0.4, 0.5) is 5.69 Å². The van der Waals surface area contributed by atoms with Crippen LogP contribution in [0.2, 0.25) is 0 Å². The van der Waals surface area contributed by atoms with E-state index in [2.05, 4.69) is 15.9 Å². The summed E-state index contributed by atoms with van der Waals surface area (Å²) in [6.07, 6.45) is 0. The first-order valence-corrected chi connectivity index (χ1v) is 6.64. The molecular weight excluding hydrogens is 306 g/mol. The van der Waals surface area contributed by atoms with E-state index in [1.54, 1.807) is 19.1 Å². The van der Waals surface area contributed by atoms with Gasteiger partial charge in [0.2, 0.25) is 0 Å². The van der Waals surface area contributed by atoms with Crippen LogP contribution in [0.1, 0.15) is 21.5 Å². The largest absolute Gasteiger partial charge is 0.457 e. The molecule has 98 valence electrons. The average Bonchev–Trinajstić information content (AvgIpc) is 2.41. The third-order valence-corrected chi connectivity index (χ3v) is 3.30. The topological polar surface area (TPSA) is 52.3 Å². The van der Waals surface area contributed by atoms with Gasteiger partial charge in [-0.2, -0.15) is 0 Å². The summed E-state index contributed by atoms with van der Waals surface area (Å²) in [6.45, 7) is 2.06. The Balaban J connectivity index is 2.13. The monoisotopic (exact) mass is 319 g/mol. The predicted octanol–water partition coefficient (Wildman–Crippen LogP) is 3.70. The van der Waals surface area contributed by atoms with E-state index in [9.17, 15) is 4.79 Å². The first-order valence-electron chi connectivity index (χ1n) is 5.84. The zero-order valence-corrected chi connectivity index (χ0v) is 12.1. The van der Waals surface area contributed by atoms with Gasteiger partial charge in [-0.05, 0) is 30.2 Å². The van der Waals surface area contributed by atoms with E-state index in [-0.39, 0.29) is 12.6 Å². The Hall–Kier alpha value is -1.81. The summed E-state index contributed by atoms with van der Waals surface area (Å²) < 4.78 is 6.06. The molecule has 2 aromatic carbocycles. The number of carbonyl (C=O) groups excluding carboxylic acids is 1. The van der Waals surface area contributed by atoms with Crippen LogP contribution in [0, 0.1) is 6.92 Å². The van der Waals surface area contributed by atoms with E-state index in [0.29, 0.717) is 11.3 Å². The number of halogens is 1. The van der Waals surface area contributed by atoms with Crippen molar-refractivity contribution >= 4 is 27.6 Å². The maximum absolute atomic E-state index is 12.0. The Bertz CT molecular complexity index is 597. The molecule has 0 spiro atoms. The van der Waals surface area contributed by atoms with Crippen molar-refractivity contribution in [1.82, 2.24) is 0 Å². The molecule has 0 saturated heterocycles. The van der Waals surface area contributed by atoms with Crippen LogP contribution in [0.25, 0.3) is 0 Å². The molecule has 2 rings (SSSR count). The van der Waals surface area contributed by atoms with Crippen LogP contribution in [0.5, 0.6) is 0 Å².